The lowest BCUT2D eigenvalue weighted by molar-refractivity contribution is -0.139. The van der Waals surface area contributed by atoms with E-state index in [1.54, 1.807) is 0 Å². The minimum Gasteiger partial charge on any atom is -0.481 e. The molecule has 1 rings (SSSR count). The van der Waals surface area contributed by atoms with Crippen molar-refractivity contribution >= 4 is 5.97 Å². The van der Waals surface area contributed by atoms with Gasteiger partial charge in [-0.25, -0.2) is 8.78 Å². The van der Waals surface area contributed by atoms with Crippen LogP contribution >= 0.6 is 0 Å². The number of rotatable bonds is 2. The largest absolute Gasteiger partial charge is 0.481 e. The minimum atomic E-state index is -2.45. The third-order valence-corrected chi connectivity index (χ3v) is 1.48. The van der Waals surface area contributed by atoms with E-state index in [4.69, 9.17) is 5.11 Å². The van der Waals surface area contributed by atoms with E-state index < -0.39 is 24.2 Å². The summed E-state index contributed by atoms with van der Waals surface area (Å²) in [6, 6.07) is 0. The molecular formula is C5H6F2O2. The first kappa shape index (κ1) is 6.45. The smallest absolute Gasteiger partial charge is 0.307 e. The number of hydrogen-bond donors (Lipinski definition) is 1. The minimum absolute atomic E-state index is 0.146. The Kier molecular flexibility index (Phi) is 1.38. The first-order chi connectivity index (χ1) is 4.13. The molecule has 2 nitrogen and oxygen atoms in total. The summed E-state index contributed by atoms with van der Waals surface area (Å²) in [6.07, 6.45) is -2.31. The van der Waals surface area contributed by atoms with E-state index in [9.17, 15) is 13.6 Å². The third kappa shape index (κ3) is 1.17. The van der Waals surface area contributed by atoms with Crippen molar-refractivity contribution in [1.82, 2.24) is 0 Å². The van der Waals surface area contributed by atoms with Gasteiger partial charge >= 0.3 is 5.97 Å². The van der Waals surface area contributed by atoms with Crippen LogP contribution in [0, 0.1) is 11.8 Å². The zero-order chi connectivity index (χ0) is 7.02. The maximum absolute atomic E-state index is 11.6. The van der Waals surface area contributed by atoms with Crippen LogP contribution in [-0.4, -0.2) is 17.5 Å². The molecule has 1 N–H and O–H groups in total. The highest BCUT2D eigenvalue weighted by molar-refractivity contribution is 5.73. The topological polar surface area (TPSA) is 37.3 Å². The van der Waals surface area contributed by atoms with Gasteiger partial charge in [-0.1, -0.05) is 0 Å². The third-order valence-electron chi connectivity index (χ3n) is 1.48. The molecule has 52 valence electrons. The molecule has 1 fully saturated rings. The van der Waals surface area contributed by atoms with Gasteiger partial charge in [-0.05, 0) is 6.42 Å². The number of halogens is 2. The number of carbonyl (C=O) groups is 1. The van der Waals surface area contributed by atoms with Crippen LogP contribution in [0.5, 0.6) is 0 Å². The van der Waals surface area contributed by atoms with Crippen molar-refractivity contribution in [3.05, 3.63) is 0 Å². The zero-order valence-electron chi connectivity index (χ0n) is 4.55. The van der Waals surface area contributed by atoms with E-state index in [1.165, 1.54) is 0 Å². The van der Waals surface area contributed by atoms with Gasteiger partial charge in [0, 0.05) is 5.92 Å². The Morgan fingerprint density at radius 1 is 1.67 bits per heavy atom. The van der Waals surface area contributed by atoms with E-state index in [2.05, 4.69) is 0 Å². The SMILES string of the molecule is O=C(O)C1C[C@@H]1C(F)F. The molecule has 1 aliphatic carbocycles. The normalized spacial score (nSPS) is 32.8. The quantitative estimate of drug-likeness (QED) is 0.614. The zero-order valence-corrected chi connectivity index (χ0v) is 4.55. The Morgan fingerprint density at radius 3 is 2.33 bits per heavy atom. The van der Waals surface area contributed by atoms with Crippen molar-refractivity contribution < 1.29 is 18.7 Å². The summed E-state index contributed by atoms with van der Waals surface area (Å²) in [5.41, 5.74) is 0. The number of alkyl halides is 2. The van der Waals surface area contributed by atoms with Gasteiger partial charge in [0.25, 0.3) is 0 Å². The molecule has 0 saturated heterocycles. The maximum Gasteiger partial charge on any atom is 0.307 e. The van der Waals surface area contributed by atoms with Crippen molar-refractivity contribution in [2.75, 3.05) is 0 Å². The fourth-order valence-electron chi connectivity index (χ4n) is 0.777. The number of carboxylic acids is 1. The average molecular weight is 136 g/mol. The molecule has 0 aromatic heterocycles. The van der Waals surface area contributed by atoms with E-state index in [-0.39, 0.29) is 6.42 Å². The second-order valence-corrected chi connectivity index (χ2v) is 2.18. The van der Waals surface area contributed by atoms with E-state index >= 15 is 0 Å². The van der Waals surface area contributed by atoms with Gasteiger partial charge in [0.05, 0.1) is 5.92 Å². The summed E-state index contributed by atoms with van der Waals surface area (Å²) in [5.74, 6) is -2.74. The predicted octanol–water partition coefficient (Wildman–Crippen LogP) is 0.972. The number of hydrogen-bond acceptors (Lipinski definition) is 1. The second-order valence-electron chi connectivity index (χ2n) is 2.18. The van der Waals surface area contributed by atoms with Crippen LogP contribution in [0.15, 0.2) is 0 Å². The number of aliphatic carboxylic acids is 1. The maximum atomic E-state index is 11.6. The van der Waals surface area contributed by atoms with Crippen molar-refractivity contribution in [2.45, 2.75) is 12.8 Å². The molecule has 2 atom stereocenters. The van der Waals surface area contributed by atoms with E-state index in [1.807, 2.05) is 0 Å². The van der Waals surface area contributed by atoms with Gasteiger partial charge in [-0.3, -0.25) is 4.79 Å². The molecule has 1 saturated carbocycles. The van der Waals surface area contributed by atoms with Gasteiger partial charge < -0.3 is 5.11 Å². The van der Waals surface area contributed by atoms with Gasteiger partial charge in [0.2, 0.25) is 6.43 Å². The van der Waals surface area contributed by atoms with Gasteiger partial charge in [0.15, 0.2) is 0 Å². The Balaban J connectivity index is 2.33. The van der Waals surface area contributed by atoms with Crippen LogP contribution in [-0.2, 0) is 4.79 Å². The molecule has 1 aliphatic rings. The lowest BCUT2D eigenvalue weighted by Gasteiger charge is -1.90. The van der Waals surface area contributed by atoms with Gasteiger partial charge in [-0.2, -0.15) is 0 Å². The fourth-order valence-corrected chi connectivity index (χ4v) is 0.777. The van der Waals surface area contributed by atoms with Gasteiger partial charge in [0.1, 0.15) is 0 Å². The molecule has 0 aromatic carbocycles. The molecule has 1 unspecified atom stereocenters. The van der Waals surface area contributed by atoms with Crippen LogP contribution < -0.4 is 0 Å². The molecule has 9 heavy (non-hydrogen) atoms. The Hall–Kier alpha value is -0.670. The van der Waals surface area contributed by atoms with Gasteiger partial charge in [-0.15, -0.1) is 0 Å². The van der Waals surface area contributed by atoms with Crippen LogP contribution in [0.4, 0.5) is 8.78 Å². The molecular weight excluding hydrogens is 130 g/mol. The van der Waals surface area contributed by atoms with Crippen molar-refractivity contribution in [3.63, 3.8) is 0 Å². The lowest BCUT2D eigenvalue weighted by atomic mass is 10.3. The molecule has 0 spiro atoms. The highest BCUT2D eigenvalue weighted by atomic mass is 19.3. The summed E-state index contributed by atoms with van der Waals surface area (Å²) in [6.45, 7) is 0. The van der Waals surface area contributed by atoms with Crippen LogP contribution in [0.25, 0.3) is 0 Å². The van der Waals surface area contributed by atoms with Crippen molar-refractivity contribution in [1.29, 1.82) is 0 Å². The molecule has 0 radical (unpaired) electrons. The fraction of sp³-hybridized carbons (Fsp3) is 0.800. The van der Waals surface area contributed by atoms with Crippen molar-refractivity contribution in [2.24, 2.45) is 11.8 Å². The van der Waals surface area contributed by atoms with E-state index in [0.29, 0.717) is 0 Å². The Morgan fingerprint density at radius 2 is 2.22 bits per heavy atom. The summed E-state index contributed by atoms with van der Waals surface area (Å²) in [5, 5.41) is 8.14. The highest BCUT2D eigenvalue weighted by Crippen LogP contribution is 2.42. The molecule has 0 amide bonds. The number of carboxylic acid groups (broad SMARTS) is 1. The summed E-state index contributed by atoms with van der Waals surface area (Å²) < 4.78 is 23.1. The van der Waals surface area contributed by atoms with Crippen LogP contribution in [0.1, 0.15) is 6.42 Å². The molecule has 0 aliphatic heterocycles. The first-order valence-electron chi connectivity index (χ1n) is 2.64. The monoisotopic (exact) mass is 136 g/mol. The summed E-state index contributed by atoms with van der Waals surface area (Å²) >= 11 is 0. The first-order valence-corrected chi connectivity index (χ1v) is 2.64. The molecule has 4 heteroatoms. The summed E-state index contributed by atoms with van der Waals surface area (Å²) in [4.78, 5) is 9.94. The van der Waals surface area contributed by atoms with Crippen LogP contribution in [0.3, 0.4) is 0 Å². The van der Waals surface area contributed by atoms with Crippen molar-refractivity contribution in [3.8, 4) is 0 Å². The lowest BCUT2D eigenvalue weighted by Crippen LogP contribution is -2.04. The molecule has 0 heterocycles. The standard InChI is InChI=1S/C5H6F2O2/c6-4(7)2-1-3(2)5(8)9/h2-4H,1H2,(H,8,9)/t2-,3?/m0/s1. The predicted molar refractivity (Wildman–Crippen MR) is 25.2 cm³/mol. The van der Waals surface area contributed by atoms with Crippen LogP contribution in [0.2, 0.25) is 0 Å². The average Bonchev–Trinajstić information content (AvgIpc) is 2.39. The molecule has 0 aromatic rings. The molecule has 0 bridgehead atoms. The van der Waals surface area contributed by atoms with E-state index in [0.717, 1.165) is 0 Å². The Bertz CT molecular complexity index is 135. The summed E-state index contributed by atoms with van der Waals surface area (Å²) in [7, 11) is 0. The second kappa shape index (κ2) is 1.93. The highest BCUT2D eigenvalue weighted by Gasteiger charge is 2.49. The Labute approximate surface area is 50.5 Å².